The molecule has 0 aliphatic heterocycles. The number of amides is 1. The van der Waals surface area contributed by atoms with E-state index in [1.165, 1.54) is 30.6 Å². The number of nitrogens with one attached hydrogen (secondary N) is 2. The maximum atomic E-state index is 12.6. The lowest BCUT2D eigenvalue weighted by Crippen LogP contribution is -2.24. The molecule has 2 N–H and O–H groups in total. The zero-order chi connectivity index (χ0) is 20.0. The number of hydrogen-bond donors (Lipinski definition) is 2. The third kappa shape index (κ3) is 4.90. The van der Waals surface area contributed by atoms with E-state index in [1.807, 2.05) is 18.2 Å². The molecule has 8 nitrogen and oxygen atoms in total. The Balaban J connectivity index is 1.75. The van der Waals surface area contributed by atoms with Crippen molar-refractivity contribution < 1.29 is 13.2 Å². The van der Waals surface area contributed by atoms with E-state index in [0.717, 1.165) is 5.56 Å². The number of rotatable bonds is 8. The van der Waals surface area contributed by atoms with Gasteiger partial charge in [-0.15, -0.1) is 6.58 Å². The fourth-order valence-corrected chi connectivity index (χ4v) is 3.55. The van der Waals surface area contributed by atoms with E-state index in [0.29, 0.717) is 12.2 Å². The van der Waals surface area contributed by atoms with Gasteiger partial charge in [-0.2, -0.15) is 5.10 Å². The van der Waals surface area contributed by atoms with Gasteiger partial charge in [0.15, 0.2) is 0 Å². The zero-order valence-electron chi connectivity index (χ0n) is 14.9. The fraction of sp³-hybridized carbons (Fsp3) is 0.105. The summed E-state index contributed by atoms with van der Waals surface area (Å²) in [7, 11) is -3.70. The van der Waals surface area contributed by atoms with E-state index >= 15 is 0 Å². The molecule has 0 aliphatic rings. The van der Waals surface area contributed by atoms with Crippen LogP contribution in [0.3, 0.4) is 0 Å². The molecule has 0 aliphatic carbocycles. The monoisotopic (exact) mass is 397 g/mol. The number of sulfonamides is 1. The highest BCUT2D eigenvalue weighted by molar-refractivity contribution is 7.89. The summed E-state index contributed by atoms with van der Waals surface area (Å²) in [6, 6.07) is 13.2. The van der Waals surface area contributed by atoms with Crippen molar-refractivity contribution >= 4 is 21.6 Å². The third-order valence-electron chi connectivity index (χ3n) is 3.82. The molecule has 1 heterocycles. The van der Waals surface area contributed by atoms with Gasteiger partial charge in [-0.1, -0.05) is 24.3 Å². The van der Waals surface area contributed by atoms with Crippen LogP contribution in [-0.4, -0.2) is 35.6 Å². The molecule has 3 rings (SSSR count). The summed E-state index contributed by atoms with van der Waals surface area (Å²) < 4.78 is 28.5. The maximum absolute atomic E-state index is 12.6. The minimum atomic E-state index is -3.70. The van der Waals surface area contributed by atoms with E-state index in [-0.39, 0.29) is 17.0 Å². The number of benzene rings is 2. The Bertz CT molecular complexity index is 1080. The lowest BCUT2D eigenvalue weighted by atomic mass is 10.1. The van der Waals surface area contributed by atoms with Crippen molar-refractivity contribution in [1.82, 2.24) is 19.5 Å². The standard InChI is InChI=1S/C19H19N5O3S/c1-2-9-22-28(26,27)18-8-4-6-16(11-18)19(25)23-17-7-3-5-15(10-17)12-24-14-20-13-21-24/h2-8,10-11,13-14,22H,1,9,12H2,(H,23,25). The minimum absolute atomic E-state index is 0.0157. The van der Waals surface area contributed by atoms with E-state index in [1.54, 1.807) is 23.1 Å². The van der Waals surface area contributed by atoms with Crippen LogP contribution < -0.4 is 10.0 Å². The van der Waals surface area contributed by atoms with Crippen molar-refractivity contribution in [2.75, 3.05) is 11.9 Å². The van der Waals surface area contributed by atoms with Crippen molar-refractivity contribution in [3.05, 3.63) is 85.0 Å². The predicted molar refractivity (Wildman–Crippen MR) is 105 cm³/mol. The number of hydrogen-bond acceptors (Lipinski definition) is 5. The smallest absolute Gasteiger partial charge is 0.255 e. The van der Waals surface area contributed by atoms with Crippen LogP contribution in [0.15, 0.2) is 78.7 Å². The molecule has 0 fully saturated rings. The van der Waals surface area contributed by atoms with Gasteiger partial charge in [0.1, 0.15) is 12.7 Å². The summed E-state index contributed by atoms with van der Waals surface area (Å²) in [5, 5.41) is 6.84. The summed E-state index contributed by atoms with van der Waals surface area (Å²) >= 11 is 0. The first kappa shape index (κ1) is 19.5. The van der Waals surface area contributed by atoms with E-state index in [2.05, 4.69) is 26.7 Å². The molecule has 0 bridgehead atoms. The number of carbonyl (C=O) groups excluding carboxylic acids is 1. The number of carbonyl (C=O) groups is 1. The maximum Gasteiger partial charge on any atom is 0.255 e. The lowest BCUT2D eigenvalue weighted by Gasteiger charge is -2.09. The van der Waals surface area contributed by atoms with Crippen molar-refractivity contribution in [3.8, 4) is 0 Å². The Hall–Kier alpha value is -3.30. The first-order valence-corrected chi connectivity index (χ1v) is 9.89. The van der Waals surface area contributed by atoms with Gasteiger partial charge < -0.3 is 5.32 Å². The van der Waals surface area contributed by atoms with Crippen molar-refractivity contribution in [1.29, 1.82) is 0 Å². The van der Waals surface area contributed by atoms with Gasteiger partial charge in [-0.3, -0.25) is 4.79 Å². The SMILES string of the molecule is C=CCNS(=O)(=O)c1cccc(C(=O)Nc2cccc(Cn3cncn3)c2)c1. The van der Waals surface area contributed by atoms with Gasteiger partial charge in [0.2, 0.25) is 10.0 Å². The second kappa shape index (κ2) is 8.59. The molecule has 2 aromatic carbocycles. The second-order valence-corrected chi connectivity index (χ2v) is 7.68. The molecule has 0 unspecified atom stereocenters. The van der Waals surface area contributed by atoms with Crippen molar-refractivity contribution in [2.24, 2.45) is 0 Å². The molecule has 0 saturated heterocycles. The van der Waals surface area contributed by atoms with Gasteiger partial charge in [0.05, 0.1) is 11.4 Å². The Morgan fingerprint density at radius 3 is 2.75 bits per heavy atom. The fourth-order valence-electron chi connectivity index (χ4n) is 2.51. The van der Waals surface area contributed by atoms with Crippen LogP contribution in [-0.2, 0) is 16.6 Å². The van der Waals surface area contributed by atoms with Crippen molar-refractivity contribution in [2.45, 2.75) is 11.4 Å². The van der Waals surface area contributed by atoms with Crippen molar-refractivity contribution in [3.63, 3.8) is 0 Å². The van der Waals surface area contributed by atoms with Crippen LogP contribution in [0.5, 0.6) is 0 Å². The first-order valence-electron chi connectivity index (χ1n) is 8.41. The molecule has 144 valence electrons. The number of aromatic nitrogens is 3. The Morgan fingerprint density at radius 1 is 1.18 bits per heavy atom. The van der Waals surface area contributed by atoms with Gasteiger partial charge in [-0.25, -0.2) is 22.8 Å². The Morgan fingerprint density at radius 2 is 2.00 bits per heavy atom. The summed E-state index contributed by atoms with van der Waals surface area (Å²) in [5.74, 6) is -0.404. The highest BCUT2D eigenvalue weighted by Crippen LogP contribution is 2.16. The first-order chi connectivity index (χ1) is 13.5. The molecule has 0 radical (unpaired) electrons. The van der Waals surface area contributed by atoms with E-state index in [9.17, 15) is 13.2 Å². The van der Waals surface area contributed by atoms with Gasteiger partial charge in [0.25, 0.3) is 5.91 Å². The molecule has 0 atom stereocenters. The van der Waals surface area contributed by atoms with E-state index < -0.39 is 15.9 Å². The molecular weight excluding hydrogens is 378 g/mol. The van der Waals surface area contributed by atoms with Crippen LogP contribution >= 0.6 is 0 Å². The normalized spacial score (nSPS) is 11.1. The van der Waals surface area contributed by atoms with Crippen LogP contribution in [0.1, 0.15) is 15.9 Å². The van der Waals surface area contributed by atoms with Crippen LogP contribution in [0, 0.1) is 0 Å². The molecule has 3 aromatic rings. The predicted octanol–water partition coefficient (Wildman–Crippen LogP) is 2.04. The van der Waals surface area contributed by atoms with Gasteiger partial charge in [0, 0.05) is 17.8 Å². The molecule has 1 amide bonds. The summed E-state index contributed by atoms with van der Waals surface area (Å²) in [6.45, 7) is 4.11. The van der Waals surface area contributed by atoms with E-state index in [4.69, 9.17) is 0 Å². The molecule has 9 heteroatoms. The minimum Gasteiger partial charge on any atom is -0.322 e. The average molecular weight is 397 g/mol. The zero-order valence-corrected chi connectivity index (χ0v) is 15.8. The van der Waals surface area contributed by atoms with Crippen LogP contribution in [0.4, 0.5) is 5.69 Å². The van der Waals surface area contributed by atoms with Gasteiger partial charge >= 0.3 is 0 Å². The number of anilines is 1. The molecular formula is C19H19N5O3S. The highest BCUT2D eigenvalue weighted by atomic mass is 32.2. The number of nitrogens with zero attached hydrogens (tertiary/aromatic N) is 3. The average Bonchev–Trinajstić information content (AvgIpc) is 3.20. The summed E-state index contributed by atoms with van der Waals surface area (Å²) in [5.41, 5.74) is 1.78. The molecule has 1 aromatic heterocycles. The summed E-state index contributed by atoms with van der Waals surface area (Å²) in [6.07, 6.45) is 4.51. The molecule has 28 heavy (non-hydrogen) atoms. The van der Waals surface area contributed by atoms with Crippen LogP contribution in [0.25, 0.3) is 0 Å². The Kier molecular flexibility index (Phi) is 5.97. The van der Waals surface area contributed by atoms with Crippen LogP contribution in [0.2, 0.25) is 0 Å². The second-order valence-electron chi connectivity index (χ2n) is 5.92. The lowest BCUT2D eigenvalue weighted by molar-refractivity contribution is 0.102. The quantitative estimate of drug-likeness (QED) is 0.566. The summed E-state index contributed by atoms with van der Waals surface area (Å²) in [4.78, 5) is 16.5. The molecule has 0 saturated carbocycles. The topological polar surface area (TPSA) is 106 Å². The molecule has 0 spiro atoms. The van der Waals surface area contributed by atoms with Gasteiger partial charge in [-0.05, 0) is 35.9 Å². The third-order valence-corrected chi connectivity index (χ3v) is 5.24. The largest absolute Gasteiger partial charge is 0.322 e. The highest BCUT2D eigenvalue weighted by Gasteiger charge is 2.15. The Labute approximate surface area is 163 Å².